The van der Waals surface area contributed by atoms with Crippen LogP contribution in [0.5, 0.6) is 5.75 Å². The molecule has 31 heavy (non-hydrogen) atoms. The molecule has 0 spiro atoms. The van der Waals surface area contributed by atoms with Crippen LogP contribution >= 0.6 is 20.4 Å². The molecule has 2 aliphatic rings. The summed E-state index contributed by atoms with van der Waals surface area (Å²) in [5, 5.41) is 3.96. The zero-order chi connectivity index (χ0) is 21.0. The standard InChI is InChI=1S/C22H32N3O4P.ClH/c1-27-30(26,28-2)22-11-20(15-25-13-18-5-3-4-6-19(18)14-25)24-12-21(22)29-16-17-7-9-23-10-8-17;/h3-6,11-12,17,23,26,30H,7-10,13-16H2,1-2H3;1H. The van der Waals surface area contributed by atoms with E-state index in [-0.39, 0.29) is 12.4 Å². The first-order valence-corrected chi connectivity index (χ1v) is 12.3. The average Bonchev–Trinajstić information content (AvgIpc) is 3.20. The smallest absolute Gasteiger partial charge is 0.147 e. The summed E-state index contributed by atoms with van der Waals surface area (Å²) in [6.07, 6.45) is 3.89. The number of hydrogen-bond acceptors (Lipinski definition) is 7. The summed E-state index contributed by atoms with van der Waals surface area (Å²) in [6.45, 7) is 5.13. The van der Waals surface area contributed by atoms with Gasteiger partial charge >= 0.3 is 179 Å². The van der Waals surface area contributed by atoms with Crippen LogP contribution in [0.3, 0.4) is 0 Å². The van der Waals surface area contributed by atoms with Gasteiger partial charge in [0.2, 0.25) is 0 Å². The van der Waals surface area contributed by atoms with E-state index in [0.717, 1.165) is 44.7 Å². The van der Waals surface area contributed by atoms with Crippen molar-refractivity contribution < 1.29 is 18.7 Å². The maximum Gasteiger partial charge on any atom is -0.147 e. The van der Waals surface area contributed by atoms with Crippen LogP contribution in [0.2, 0.25) is 0 Å². The Bertz CT molecular complexity index is 837. The Hall–Kier alpha value is -1.31. The van der Waals surface area contributed by atoms with Crippen molar-refractivity contribution in [3.8, 4) is 5.75 Å². The third-order valence-electron chi connectivity index (χ3n) is 6.04. The molecule has 1 saturated heterocycles. The molecule has 0 aliphatic carbocycles. The molecule has 3 heterocycles. The third-order valence-corrected chi connectivity index (χ3v) is 8.22. The molecule has 172 valence electrons. The molecule has 4 rings (SSSR count). The van der Waals surface area contributed by atoms with Crippen LogP contribution in [0.4, 0.5) is 0 Å². The Balaban J connectivity index is 0.00000272. The fraction of sp³-hybridized carbons (Fsp3) is 0.500. The Kier molecular flexibility index (Phi) is 8.65. The van der Waals surface area contributed by atoms with Crippen LogP contribution < -0.4 is 15.4 Å². The van der Waals surface area contributed by atoms with E-state index in [9.17, 15) is 4.89 Å². The van der Waals surface area contributed by atoms with E-state index in [2.05, 4.69) is 39.5 Å². The Morgan fingerprint density at radius 2 is 1.77 bits per heavy atom. The van der Waals surface area contributed by atoms with Gasteiger partial charge in [0.1, 0.15) is 0 Å². The molecule has 2 aliphatic heterocycles. The molecule has 1 fully saturated rings. The van der Waals surface area contributed by atoms with Crippen molar-refractivity contribution in [1.29, 1.82) is 0 Å². The topological polar surface area (TPSA) is 76.1 Å². The van der Waals surface area contributed by atoms with E-state index < -0.39 is 7.94 Å². The first kappa shape index (κ1) is 24.3. The third kappa shape index (κ3) is 5.74. The van der Waals surface area contributed by atoms with E-state index >= 15 is 0 Å². The van der Waals surface area contributed by atoms with Gasteiger partial charge in [-0.15, -0.1) is 12.4 Å². The van der Waals surface area contributed by atoms with Gasteiger partial charge in [-0.3, -0.25) is 0 Å². The Morgan fingerprint density at radius 1 is 1.13 bits per heavy atom. The summed E-state index contributed by atoms with van der Waals surface area (Å²) in [7, 11) is -0.600. The van der Waals surface area contributed by atoms with Crippen molar-refractivity contribution in [3.63, 3.8) is 0 Å². The zero-order valence-electron chi connectivity index (χ0n) is 18.2. The van der Waals surface area contributed by atoms with Gasteiger partial charge in [-0.1, -0.05) is 0 Å². The summed E-state index contributed by atoms with van der Waals surface area (Å²) in [4.78, 5) is 18.0. The Morgan fingerprint density at radius 3 is 2.39 bits per heavy atom. The van der Waals surface area contributed by atoms with Crippen LogP contribution in [0.1, 0.15) is 29.7 Å². The van der Waals surface area contributed by atoms with Gasteiger partial charge in [0, 0.05) is 0 Å². The number of aromatic nitrogens is 1. The molecule has 0 radical (unpaired) electrons. The molecule has 2 N–H and O–H groups in total. The van der Waals surface area contributed by atoms with E-state index in [1.807, 2.05) is 6.07 Å². The van der Waals surface area contributed by atoms with Crippen LogP contribution in [0.15, 0.2) is 36.5 Å². The predicted octanol–water partition coefficient (Wildman–Crippen LogP) is 2.80. The van der Waals surface area contributed by atoms with Crippen molar-refractivity contribution in [2.24, 2.45) is 5.92 Å². The fourth-order valence-electron chi connectivity index (χ4n) is 4.24. The summed E-state index contributed by atoms with van der Waals surface area (Å²) >= 11 is 0. The zero-order valence-corrected chi connectivity index (χ0v) is 20.0. The van der Waals surface area contributed by atoms with Gasteiger partial charge < -0.3 is 0 Å². The summed E-state index contributed by atoms with van der Waals surface area (Å²) in [5.74, 6) is 1.06. The van der Waals surface area contributed by atoms with Gasteiger partial charge in [-0.25, -0.2) is 0 Å². The second-order valence-corrected chi connectivity index (χ2v) is 10.6. The minimum Gasteiger partial charge on any atom is -0.147 e. The number of rotatable bonds is 8. The SMILES string of the molecule is CO[PH](O)(OC)c1cc(CN2Cc3ccccc3C2)ncc1OCC1CCNCC1.Cl. The molecule has 1 aromatic carbocycles. The first-order valence-electron chi connectivity index (χ1n) is 10.6. The average molecular weight is 470 g/mol. The van der Waals surface area contributed by atoms with Gasteiger partial charge in [0.15, 0.2) is 0 Å². The molecule has 7 nitrogen and oxygen atoms in total. The molecule has 0 amide bonds. The van der Waals surface area contributed by atoms with Gasteiger partial charge in [0.25, 0.3) is 0 Å². The molecule has 0 bridgehead atoms. The number of halogens is 1. The second kappa shape index (κ2) is 11.0. The number of piperidine rings is 1. The number of benzene rings is 1. The molecule has 0 saturated carbocycles. The number of nitrogens with zero attached hydrogens (tertiary/aromatic N) is 2. The number of fused-ring (bicyclic) bond motifs is 1. The summed E-state index contributed by atoms with van der Waals surface area (Å²) in [6, 6.07) is 10.4. The maximum absolute atomic E-state index is 11.0. The first-order chi connectivity index (χ1) is 14.6. The molecular formula is C22H33ClN3O4P. The largest absolute Gasteiger partial charge is 0.147 e. The van der Waals surface area contributed by atoms with Gasteiger partial charge in [-0.05, 0) is 0 Å². The van der Waals surface area contributed by atoms with E-state index in [1.165, 1.54) is 25.3 Å². The molecule has 1 aromatic heterocycles. The van der Waals surface area contributed by atoms with E-state index in [4.69, 9.17) is 13.8 Å². The molecular weight excluding hydrogens is 437 g/mol. The van der Waals surface area contributed by atoms with E-state index in [0.29, 0.717) is 30.1 Å². The normalized spacial score (nSPS) is 17.8. The van der Waals surface area contributed by atoms with Crippen molar-refractivity contribution in [3.05, 3.63) is 53.3 Å². The van der Waals surface area contributed by atoms with Crippen molar-refractivity contribution in [2.45, 2.75) is 32.5 Å². The molecule has 0 unspecified atom stereocenters. The summed E-state index contributed by atoms with van der Waals surface area (Å²) < 4.78 is 17.0. The quantitative estimate of drug-likeness (QED) is 0.576. The number of hydrogen-bond donors (Lipinski definition) is 2. The number of ether oxygens (including phenoxy) is 1. The molecule has 2 aromatic rings. The van der Waals surface area contributed by atoms with Crippen LogP contribution in [-0.2, 0) is 28.7 Å². The Labute approximate surface area is 191 Å². The van der Waals surface area contributed by atoms with E-state index in [1.54, 1.807) is 6.20 Å². The van der Waals surface area contributed by atoms with Crippen molar-refractivity contribution in [2.75, 3.05) is 33.9 Å². The molecule has 9 heteroatoms. The van der Waals surface area contributed by atoms with Gasteiger partial charge in [-0.2, -0.15) is 0 Å². The minimum absolute atomic E-state index is 0. The van der Waals surface area contributed by atoms with Crippen molar-refractivity contribution in [1.82, 2.24) is 15.2 Å². The van der Waals surface area contributed by atoms with Crippen molar-refractivity contribution >= 4 is 25.7 Å². The summed E-state index contributed by atoms with van der Waals surface area (Å²) in [5.41, 5.74) is 3.59. The van der Waals surface area contributed by atoms with Crippen LogP contribution in [0.25, 0.3) is 0 Å². The maximum atomic E-state index is 11.0. The van der Waals surface area contributed by atoms with Crippen LogP contribution in [0, 0.1) is 5.92 Å². The molecule has 0 atom stereocenters. The minimum atomic E-state index is -3.55. The monoisotopic (exact) mass is 469 g/mol. The number of nitrogens with one attached hydrogen (secondary N) is 1. The van der Waals surface area contributed by atoms with Gasteiger partial charge in [0.05, 0.1) is 0 Å². The predicted molar refractivity (Wildman–Crippen MR) is 126 cm³/mol. The second-order valence-electron chi connectivity index (χ2n) is 8.08. The number of pyridine rings is 1. The van der Waals surface area contributed by atoms with Crippen LogP contribution in [-0.4, -0.2) is 48.7 Å². The fourth-order valence-corrected chi connectivity index (χ4v) is 5.64.